The number of Topliss-reactive ketones (excluding diaryl/α,β-unsaturated/α-hetero) is 1. The van der Waals surface area contributed by atoms with E-state index >= 15 is 0 Å². The minimum Gasteiger partial charge on any atom is -0.290 e. The predicted octanol–water partition coefficient (Wildman–Crippen LogP) is 2.93. The van der Waals surface area contributed by atoms with Crippen molar-refractivity contribution in [1.82, 2.24) is 0 Å². The highest BCUT2D eigenvalue weighted by Gasteiger charge is 2.45. The fourth-order valence-corrected chi connectivity index (χ4v) is 4.04. The molecular weight excluding hydrogens is 426 g/mol. The van der Waals surface area contributed by atoms with Gasteiger partial charge in [-0.05, 0) is 50.7 Å². The Balaban J connectivity index is 3.23. The number of ketones is 1. The van der Waals surface area contributed by atoms with Crippen molar-refractivity contribution in [2.45, 2.75) is 8.59 Å². The SMILES string of the molecule is CCS(=O)(=O)[C@@](Br)(I)C(=O)c1cccc(F)c1. The van der Waals surface area contributed by atoms with Crippen LogP contribution in [0.15, 0.2) is 24.3 Å². The van der Waals surface area contributed by atoms with Gasteiger partial charge >= 0.3 is 0 Å². The van der Waals surface area contributed by atoms with Crippen LogP contribution in [-0.4, -0.2) is 21.6 Å². The second-order valence-corrected chi connectivity index (χ2v) is 11.2. The van der Waals surface area contributed by atoms with Crippen molar-refractivity contribution in [3.63, 3.8) is 0 Å². The van der Waals surface area contributed by atoms with Gasteiger partial charge in [-0.15, -0.1) is 0 Å². The monoisotopic (exact) mass is 434 g/mol. The van der Waals surface area contributed by atoms with Crippen LogP contribution < -0.4 is 0 Å². The summed E-state index contributed by atoms with van der Waals surface area (Å²) in [5.41, 5.74) is 0.0216. The molecule has 1 aromatic rings. The largest absolute Gasteiger partial charge is 0.290 e. The van der Waals surface area contributed by atoms with Gasteiger partial charge in [-0.25, -0.2) is 12.8 Å². The Bertz CT molecular complexity index is 542. The molecule has 3 nitrogen and oxygen atoms in total. The van der Waals surface area contributed by atoms with Crippen molar-refractivity contribution in [1.29, 1.82) is 0 Å². The Morgan fingerprint density at radius 1 is 1.53 bits per heavy atom. The van der Waals surface area contributed by atoms with Crippen molar-refractivity contribution >= 4 is 54.1 Å². The normalized spacial score (nSPS) is 15.3. The Labute approximate surface area is 121 Å². The van der Waals surface area contributed by atoms with Gasteiger partial charge in [0.05, 0.1) is 5.75 Å². The zero-order chi connectivity index (χ0) is 13.3. The van der Waals surface area contributed by atoms with Gasteiger partial charge in [-0.3, -0.25) is 4.79 Å². The van der Waals surface area contributed by atoms with E-state index in [-0.39, 0.29) is 11.3 Å². The first kappa shape index (κ1) is 15.0. The summed E-state index contributed by atoms with van der Waals surface area (Å²) in [7, 11) is -3.63. The molecule has 0 spiro atoms. The van der Waals surface area contributed by atoms with Crippen LogP contribution in [0.1, 0.15) is 17.3 Å². The highest BCUT2D eigenvalue weighted by Crippen LogP contribution is 2.37. The summed E-state index contributed by atoms with van der Waals surface area (Å²) in [5.74, 6) is -1.44. The zero-order valence-corrected chi connectivity index (χ0v) is 13.3. The Morgan fingerprint density at radius 2 is 2.12 bits per heavy atom. The number of rotatable bonds is 4. The Kier molecular flexibility index (Phi) is 4.70. The van der Waals surface area contributed by atoms with Crippen LogP contribution in [0.5, 0.6) is 0 Å². The van der Waals surface area contributed by atoms with Crippen LogP contribution in [0.3, 0.4) is 0 Å². The minimum absolute atomic E-state index is 0.0216. The molecule has 94 valence electrons. The third-order valence-corrected chi connectivity index (χ3v) is 8.19. The van der Waals surface area contributed by atoms with Gasteiger partial charge in [0, 0.05) is 5.56 Å². The first-order valence-corrected chi connectivity index (χ1v) is 8.15. The fraction of sp³-hybridized carbons (Fsp3) is 0.300. The summed E-state index contributed by atoms with van der Waals surface area (Å²) in [6.45, 7) is 1.45. The smallest absolute Gasteiger partial charge is 0.239 e. The van der Waals surface area contributed by atoms with E-state index in [0.717, 1.165) is 6.07 Å². The molecule has 0 bridgehead atoms. The number of hydrogen-bond donors (Lipinski definition) is 0. The zero-order valence-electron chi connectivity index (χ0n) is 8.78. The fourth-order valence-electron chi connectivity index (χ4n) is 1.12. The molecule has 0 amide bonds. The highest BCUT2D eigenvalue weighted by atomic mass is 127. The third kappa shape index (κ3) is 3.05. The van der Waals surface area contributed by atoms with Gasteiger partial charge in [-0.2, -0.15) is 0 Å². The van der Waals surface area contributed by atoms with E-state index in [1.54, 1.807) is 0 Å². The first-order valence-electron chi connectivity index (χ1n) is 4.63. The molecule has 0 unspecified atom stereocenters. The molecule has 1 aromatic carbocycles. The van der Waals surface area contributed by atoms with Gasteiger partial charge in [0.2, 0.25) is 7.45 Å². The summed E-state index contributed by atoms with van der Waals surface area (Å²) in [6.07, 6.45) is 0. The minimum atomic E-state index is -3.63. The second-order valence-electron chi connectivity index (χ2n) is 3.26. The lowest BCUT2D eigenvalue weighted by molar-refractivity contribution is 0.101. The van der Waals surface area contributed by atoms with Crippen molar-refractivity contribution in [2.24, 2.45) is 0 Å². The second kappa shape index (κ2) is 5.31. The summed E-state index contributed by atoms with van der Waals surface area (Å²) in [4.78, 5) is 12.0. The molecule has 0 N–H and O–H groups in total. The standard InChI is InChI=1S/C10H9BrFIO3S/c1-2-17(15,16)10(11,13)9(14)7-4-3-5-8(12)6-7/h3-6H,2H2,1H3/t10-/m0/s1. The molecule has 0 saturated carbocycles. The highest BCUT2D eigenvalue weighted by molar-refractivity contribution is 14.1. The number of carbonyl (C=O) groups excluding carboxylic acids is 1. The quantitative estimate of drug-likeness (QED) is 0.416. The molecule has 0 heterocycles. The van der Waals surface area contributed by atoms with Crippen molar-refractivity contribution in [3.05, 3.63) is 35.6 Å². The molecular formula is C10H9BrFIO3S. The van der Waals surface area contributed by atoms with E-state index in [1.807, 2.05) is 0 Å². The number of alkyl halides is 2. The summed E-state index contributed by atoms with van der Waals surface area (Å²) in [5, 5.41) is 0. The molecule has 0 radical (unpaired) electrons. The maximum atomic E-state index is 13.0. The number of hydrogen-bond acceptors (Lipinski definition) is 3. The predicted molar refractivity (Wildman–Crippen MR) is 75.9 cm³/mol. The molecule has 0 aliphatic carbocycles. The molecule has 0 fully saturated rings. The van der Waals surface area contributed by atoms with Crippen LogP contribution in [0.2, 0.25) is 0 Å². The number of carbonyl (C=O) groups is 1. The van der Waals surface area contributed by atoms with Crippen molar-refractivity contribution in [3.8, 4) is 0 Å². The summed E-state index contributed by atoms with van der Waals surface area (Å²) < 4.78 is 34.7. The van der Waals surface area contributed by atoms with Gasteiger partial charge in [0.25, 0.3) is 0 Å². The van der Waals surface area contributed by atoms with E-state index in [9.17, 15) is 17.6 Å². The molecule has 7 heteroatoms. The van der Waals surface area contributed by atoms with Crippen LogP contribution in [0.4, 0.5) is 4.39 Å². The lowest BCUT2D eigenvalue weighted by Gasteiger charge is -2.18. The van der Waals surface area contributed by atoms with Gasteiger partial charge < -0.3 is 0 Å². The maximum Gasteiger partial charge on any atom is 0.239 e. The van der Waals surface area contributed by atoms with Crippen LogP contribution >= 0.6 is 38.5 Å². The number of sulfone groups is 1. The van der Waals surface area contributed by atoms with E-state index < -0.39 is 23.1 Å². The average molecular weight is 435 g/mol. The van der Waals surface area contributed by atoms with E-state index in [1.165, 1.54) is 47.7 Å². The van der Waals surface area contributed by atoms with Gasteiger partial charge in [0.1, 0.15) is 5.82 Å². The topological polar surface area (TPSA) is 51.2 Å². The molecule has 17 heavy (non-hydrogen) atoms. The first-order chi connectivity index (χ1) is 7.72. The van der Waals surface area contributed by atoms with Crippen LogP contribution in [0, 0.1) is 5.82 Å². The third-order valence-electron chi connectivity index (χ3n) is 2.12. The van der Waals surface area contributed by atoms with Crippen molar-refractivity contribution in [2.75, 3.05) is 5.75 Å². The molecule has 0 saturated heterocycles. The van der Waals surface area contributed by atoms with Crippen molar-refractivity contribution < 1.29 is 17.6 Å². The summed E-state index contributed by atoms with van der Waals surface area (Å²) in [6, 6.07) is 4.95. The van der Waals surface area contributed by atoms with E-state index in [0.29, 0.717) is 0 Å². The Hall–Kier alpha value is -0.0200. The summed E-state index contributed by atoms with van der Waals surface area (Å²) >= 11 is 4.43. The van der Waals surface area contributed by atoms with E-state index in [4.69, 9.17) is 0 Å². The maximum absolute atomic E-state index is 13.0. The molecule has 1 rings (SSSR count). The molecule has 0 aliphatic heterocycles. The van der Waals surface area contributed by atoms with Crippen LogP contribution in [-0.2, 0) is 9.84 Å². The van der Waals surface area contributed by atoms with Crippen LogP contribution in [0.25, 0.3) is 0 Å². The number of halogens is 3. The number of benzene rings is 1. The Morgan fingerprint density at radius 3 is 2.59 bits per heavy atom. The van der Waals surface area contributed by atoms with E-state index in [2.05, 4.69) is 15.9 Å². The molecule has 0 aliphatic rings. The average Bonchev–Trinajstić information content (AvgIpc) is 2.27. The lowest BCUT2D eigenvalue weighted by atomic mass is 10.1. The molecule has 1 atom stereocenters. The van der Waals surface area contributed by atoms with Gasteiger partial charge in [-0.1, -0.05) is 19.1 Å². The van der Waals surface area contributed by atoms with Gasteiger partial charge in [0.15, 0.2) is 9.84 Å². The lowest BCUT2D eigenvalue weighted by Crippen LogP contribution is -2.35. The molecule has 0 aromatic heterocycles.